The van der Waals surface area contributed by atoms with Gasteiger partial charge in [-0.2, -0.15) is 0 Å². The minimum atomic E-state index is -3.59. The second-order valence-electron chi connectivity index (χ2n) is 5.53. The maximum Gasteiger partial charge on any atom is 0.242 e. The lowest BCUT2D eigenvalue weighted by Crippen LogP contribution is -2.33. The first-order valence-corrected chi connectivity index (χ1v) is 8.33. The third-order valence-corrected chi connectivity index (χ3v) is 4.56. The van der Waals surface area contributed by atoms with Crippen LogP contribution in [0, 0.1) is 17.3 Å². The van der Waals surface area contributed by atoms with Gasteiger partial charge in [0.2, 0.25) is 10.0 Å². The van der Waals surface area contributed by atoms with Gasteiger partial charge >= 0.3 is 0 Å². The lowest BCUT2D eigenvalue weighted by molar-refractivity contribution is 0.305. The molecule has 0 unspecified atom stereocenters. The van der Waals surface area contributed by atoms with E-state index in [1.54, 1.807) is 0 Å². The van der Waals surface area contributed by atoms with Gasteiger partial charge in [0.15, 0.2) is 0 Å². The highest BCUT2D eigenvalue weighted by Gasteiger charge is 2.21. The van der Waals surface area contributed by atoms with Gasteiger partial charge in [0.1, 0.15) is 4.90 Å². The zero-order valence-corrected chi connectivity index (χ0v) is 13.5. The van der Waals surface area contributed by atoms with Gasteiger partial charge < -0.3 is 5.11 Å². The molecule has 5 nitrogen and oxygen atoms in total. The summed E-state index contributed by atoms with van der Waals surface area (Å²) in [6.45, 7) is 6.38. The SMILES string of the molecule is CCC(C)(C)CNS(=O)(=O)c1cncc(C#CCCO)c1. The van der Waals surface area contributed by atoms with E-state index in [0.717, 1.165) is 6.42 Å². The Kier molecular flexibility index (Phi) is 6.34. The van der Waals surface area contributed by atoms with Gasteiger partial charge in [0.25, 0.3) is 0 Å². The zero-order valence-electron chi connectivity index (χ0n) is 12.7. The summed E-state index contributed by atoms with van der Waals surface area (Å²) in [4.78, 5) is 4.01. The molecule has 1 rings (SSSR count). The van der Waals surface area contributed by atoms with Crippen LogP contribution in [0.15, 0.2) is 23.4 Å². The molecule has 1 aromatic rings. The highest BCUT2D eigenvalue weighted by Crippen LogP contribution is 2.19. The number of nitrogens with one attached hydrogen (secondary N) is 1. The molecule has 0 bridgehead atoms. The minimum Gasteiger partial charge on any atom is -0.395 e. The van der Waals surface area contributed by atoms with Gasteiger partial charge in [-0.05, 0) is 17.9 Å². The molecule has 0 radical (unpaired) electrons. The van der Waals surface area contributed by atoms with Gasteiger partial charge in [0, 0.05) is 30.9 Å². The van der Waals surface area contributed by atoms with Crippen molar-refractivity contribution in [3.05, 3.63) is 24.0 Å². The van der Waals surface area contributed by atoms with Crippen LogP contribution in [0.2, 0.25) is 0 Å². The molecule has 0 spiro atoms. The van der Waals surface area contributed by atoms with Crippen LogP contribution in [-0.2, 0) is 10.0 Å². The molecule has 1 heterocycles. The smallest absolute Gasteiger partial charge is 0.242 e. The lowest BCUT2D eigenvalue weighted by Gasteiger charge is -2.22. The summed E-state index contributed by atoms with van der Waals surface area (Å²) >= 11 is 0. The molecule has 2 N–H and O–H groups in total. The topological polar surface area (TPSA) is 79.3 Å². The molecule has 0 aliphatic rings. The Bertz CT molecular complexity index is 628. The van der Waals surface area contributed by atoms with E-state index in [1.165, 1.54) is 18.5 Å². The van der Waals surface area contributed by atoms with Gasteiger partial charge in [-0.15, -0.1) is 0 Å². The first-order valence-electron chi connectivity index (χ1n) is 6.85. The highest BCUT2D eigenvalue weighted by atomic mass is 32.2. The van der Waals surface area contributed by atoms with E-state index in [2.05, 4.69) is 21.5 Å². The Hall–Kier alpha value is -1.42. The molecule has 21 heavy (non-hydrogen) atoms. The number of aromatic nitrogens is 1. The van der Waals surface area contributed by atoms with Crippen molar-refractivity contribution < 1.29 is 13.5 Å². The van der Waals surface area contributed by atoms with E-state index in [-0.39, 0.29) is 16.9 Å². The summed E-state index contributed by atoms with van der Waals surface area (Å²) in [5.74, 6) is 5.52. The van der Waals surface area contributed by atoms with E-state index in [0.29, 0.717) is 18.5 Å². The molecule has 6 heteroatoms. The first-order chi connectivity index (χ1) is 9.80. The number of hydrogen-bond acceptors (Lipinski definition) is 4. The van der Waals surface area contributed by atoms with E-state index >= 15 is 0 Å². The van der Waals surface area contributed by atoms with Gasteiger partial charge in [-0.1, -0.05) is 32.6 Å². The summed E-state index contributed by atoms with van der Waals surface area (Å²) in [6.07, 6.45) is 4.03. The minimum absolute atomic E-state index is 0.0218. The van der Waals surface area contributed by atoms with Crippen LogP contribution < -0.4 is 4.72 Å². The van der Waals surface area contributed by atoms with E-state index < -0.39 is 10.0 Å². The molecular weight excluding hydrogens is 288 g/mol. The van der Waals surface area contributed by atoms with Crippen molar-refractivity contribution in [2.45, 2.75) is 38.5 Å². The summed E-state index contributed by atoms with van der Waals surface area (Å²) in [5, 5.41) is 8.67. The van der Waals surface area contributed by atoms with Crippen LogP contribution in [0.1, 0.15) is 39.2 Å². The van der Waals surface area contributed by atoms with Crippen LogP contribution in [-0.4, -0.2) is 31.7 Å². The van der Waals surface area contributed by atoms with Crippen molar-refractivity contribution in [2.24, 2.45) is 5.41 Å². The predicted octanol–water partition coefficient (Wildman–Crippen LogP) is 1.53. The maximum absolute atomic E-state index is 12.2. The highest BCUT2D eigenvalue weighted by molar-refractivity contribution is 7.89. The Morgan fingerprint density at radius 1 is 1.38 bits per heavy atom. The van der Waals surface area contributed by atoms with Crippen molar-refractivity contribution in [2.75, 3.05) is 13.2 Å². The molecule has 0 aromatic carbocycles. The number of rotatable bonds is 6. The Morgan fingerprint density at radius 3 is 2.71 bits per heavy atom. The Morgan fingerprint density at radius 2 is 2.10 bits per heavy atom. The van der Waals surface area contributed by atoms with Crippen molar-refractivity contribution in [1.29, 1.82) is 0 Å². The van der Waals surface area contributed by atoms with Crippen LogP contribution in [0.25, 0.3) is 0 Å². The average molecular weight is 310 g/mol. The van der Waals surface area contributed by atoms with Crippen molar-refractivity contribution in [1.82, 2.24) is 9.71 Å². The number of sulfonamides is 1. The van der Waals surface area contributed by atoms with Gasteiger partial charge in [-0.25, -0.2) is 13.1 Å². The Labute approximate surface area is 126 Å². The van der Waals surface area contributed by atoms with Crippen LogP contribution in [0.4, 0.5) is 0 Å². The number of pyridine rings is 1. The fourth-order valence-electron chi connectivity index (χ4n) is 1.35. The van der Waals surface area contributed by atoms with Crippen molar-refractivity contribution in [3.8, 4) is 11.8 Å². The molecule has 0 saturated carbocycles. The number of aliphatic hydroxyl groups is 1. The van der Waals surface area contributed by atoms with Crippen LogP contribution >= 0.6 is 0 Å². The Balaban J connectivity index is 2.89. The summed E-state index contributed by atoms with van der Waals surface area (Å²) in [7, 11) is -3.59. The number of nitrogens with zero attached hydrogens (tertiary/aromatic N) is 1. The molecule has 0 fully saturated rings. The average Bonchev–Trinajstić information content (AvgIpc) is 2.46. The molecule has 0 amide bonds. The summed E-state index contributed by atoms with van der Waals surface area (Å²) in [6, 6.07) is 1.48. The molecule has 0 atom stereocenters. The molecule has 116 valence electrons. The van der Waals surface area contributed by atoms with Crippen LogP contribution in [0.3, 0.4) is 0 Å². The third kappa shape index (κ3) is 5.84. The third-order valence-electron chi connectivity index (χ3n) is 3.19. The van der Waals surface area contributed by atoms with Crippen molar-refractivity contribution in [3.63, 3.8) is 0 Å². The van der Waals surface area contributed by atoms with Gasteiger partial charge in [0.05, 0.1) is 6.61 Å². The normalized spacial score (nSPS) is 11.8. The molecule has 0 saturated heterocycles. The lowest BCUT2D eigenvalue weighted by atomic mass is 9.91. The molecule has 0 aliphatic carbocycles. The fourth-order valence-corrected chi connectivity index (χ4v) is 2.58. The van der Waals surface area contributed by atoms with Crippen LogP contribution in [0.5, 0.6) is 0 Å². The summed E-state index contributed by atoms with van der Waals surface area (Å²) < 4.78 is 27.1. The van der Waals surface area contributed by atoms with Crippen molar-refractivity contribution >= 4 is 10.0 Å². The molecular formula is C15H22N2O3S. The number of aliphatic hydroxyl groups excluding tert-OH is 1. The molecule has 1 aromatic heterocycles. The molecule has 0 aliphatic heterocycles. The van der Waals surface area contributed by atoms with E-state index in [4.69, 9.17) is 5.11 Å². The second-order valence-corrected chi connectivity index (χ2v) is 7.29. The monoisotopic (exact) mass is 310 g/mol. The van der Waals surface area contributed by atoms with E-state index in [9.17, 15) is 8.42 Å². The second kappa shape index (κ2) is 7.55. The standard InChI is InChI=1S/C15H22N2O3S/c1-4-15(2,3)12-17-21(19,20)14-9-13(10-16-11-14)7-5-6-8-18/h9-11,17-18H,4,6,8,12H2,1-3H3. The number of hydrogen-bond donors (Lipinski definition) is 2. The largest absolute Gasteiger partial charge is 0.395 e. The van der Waals surface area contributed by atoms with Gasteiger partial charge in [-0.3, -0.25) is 4.98 Å². The maximum atomic E-state index is 12.2. The zero-order chi connectivity index (χ0) is 15.9. The fraction of sp³-hybridized carbons (Fsp3) is 0.533. The van der Waals surface area contributed by atoms with E-state index in [1.807, 2.05) is 20.8 Å². The quantitative estimate of drug-likeness (QED) is 0.781. The summed E-state index contributed by atoms with van der Waals surface area (Å²) in [5.41, 5.74) is 0.417. The first kappa shape index (κ1) is 17.6. The predicted molar refractivity (Wildman–Crippen MR) is 82.1 cm³/mol.